The van der Waals surface area contributed by atoms with Crippen LogP contribution in [-0.2, 0) is 15.9 Å². The summed E-state index contributed by atoms with van der Waals surface area (Å²) in [6, 6.07) is 8.54. The van der Waals surface area contributed by atoms with Gasteiger partial charge in [0.05, 0.1) is 0 Å². The van der Waals surface area contributed by atoms with Crippen LogP contribution in [0.4, 0.5) is 0 Å². The van der Waals surface area contributed by atoms with E-state index in [1.165, 1.54) is 11.1 Å². The minimum atomic E-state index is -0.0686. The van der Waals surface area contributed by atoms with Crippen molar-refractivity contribution < 1.29 is 9.47 Å². The maximum atomic E-state index is 5.50. The lowest BCUT2D eigenvalue weighted by Crippen LogP contribution is -2.26. The molecule has 1 aromatic carbocycles. The molecule has 0 unspecified atom stereocenters. The maximum Gasteiger partial charge on any atom is 0.158 e. The zero-order chi connectivity index (χ0) is 13.9. The lowest BCUT2D eigenvalue weighted by atomic mass is 10.1. The predicted octanol–water partition coefficient (Wildman–Crippen LogP) is 2.92. The van der Waals surface area contributed by atoms with Gasteiger partial charge >= 0.3 is 0 Å². The van der Waals surface area contributed by atoms with Crippen molar-refractivity contribution in [2.75, 3.05) is 26.3 Å². The molecule has 0 atom stereocenters. The van der Waals surface area contributed by atoms with Crippen molar-refractivity contribution in [2.45, 2.75) is 39.9 Å². The summed E-state index contributed by atoms with van der Waals surface area (Å²) in [5.41, 5.74) is 2.78. The summed E-state index contributed by atoms with van der Waals surface area (Å²) < 4.78 is 11.0. The van der Waals surface area contributed by atoms with E-state index in [-0.39, 0.29) is 6.29 Å². The Morgan fingerprint density at radius 3 is 2.37 bits per heavy atom. The van der Waals surface area contributed by atoms with Crippen LogP contribution < -0.4 is 5.32 Å². The van der Waals surface area contributed by atoms with Crippen LogP contribution in [0.2, 0.25) is 0 Å². The minimum absolute atomic E-state index is 0.0686. The molecule has 19 heavy (non-hydrogen) atoms. The first-order valence-corrected chi connectivity index (χ1v) is 7.26. The Morgan fingerprint density at radius 2 is 1.74 bits per heavy atom. The first-order valence-electron chi connectivity index (χ1n) is 7.26. The quantitative estimate of drug-likeness (QED) is 0.521. The van der Waals surface area contributed by atoms with E-state index < -0.39 is 0 Å². The fourth-order valence-corrected chi connectivity index (χ4v) is 2.05. The minimum Gasteiger partial charge on any atom is -0.353 e. The van der Waals surface area contributed by atoms with Crippen LogP contribution in [0.1, 0.15) is 31.4 Å². The van der Waals surface area contributed by atoms with Crippen LogP contribution in [0.5, 0.6) is 0 Å². The van der Waals surface area contributed by atoms with Crippen molar-refractivity contribution in [3.63, 3.8) is 0 Å². The third kappa shape index (κ3) is 6.71. The molecule has 0 heterocycles. The van der Waals surface area contributed by atoms with Crippen LogP contribution in [0, 0.1) is 6.92 Å². The summed E-state index contributed by atoms with van der Waals surface area (Å²) >= 11 is 0. The molecular weight excluding hydrogens is 238 g/mol. The molecular formula is C16H27NO2. The Hall–Kier alpha value is -0.900. The molecule has 0 aliphatic rings. The highest BCUT2D eigenvalue weighted by Crippen LogP contribution is 2.07. The van der Waals surface area contributed by atoms with Gasteiger partial charge < -0.3 is 14.8 Å². The smallest absolute Gasteiger partial charge is 0.158 e. The summed E-state index contributed by atoms with van der Waals surface area (Å²) in [6.45, 7) is 9.49. The highest BCUT2D eigenvalue weighted by atomic mass is 16.7. The predicted molar refractivity (Wildman–Crippen MR) is 79.4 cm³/mol. The van der Waals surface area contributed by atoms with Crippen LogP contribution in [-0.4, -0.2) is 32.6 Å². The van der Waals surface area contributed by atoms with Crippen molar-refractivity contribution >= 4 is 0 Å². The average molecular weight is 265 g/mol. The average Bonchev–Trinajstić information content (AvgIpc) is 2.41. The second-order valence-electron chi connectivity index (χ2n) is 4.56. The van der Waals surface area contributed by atoms with Gasteiger partial charge in [-0.25, -0.2) is 0 Å². The van der Waals surface area contributed by atoms with Gasteiger partial charge in [-0.2, -0.15) is 0 Å². The van der Waals surface area contributed by atoms with E-state index in [2.05, 4.69) is 36.5 Å². The SMILES string of the molecule is CCOC(CCNCCc1ccccc1C)OCC. The van der Waals surface area contributed by atoms with Gasteiger partial charge in [-0.1, -0.05) is 24.3 Å². The Labute approximate surface area is 117 Å². The van der Waals surface area contributed by atoms with Gasteiger partial charge in [0, 0.05) is 19.6 Å². The Balaban J connectivity index is 2.15. The summed E-state index contributed by atoms with van der Waals surface area (Å²) in [4.78, 5) is 0. The second-order valence-corrected chi connectivity index (χ2v) is 4.56. The van der Waals surface area contributed by atoms with E-state index in [0.717, 1.165) is 25.9 Å². The van der Waals surface area contributed by atoms with Gasteiger partial charge in [0.2, 0.25) is 0 Å². The van der Waals surface area contributed by atoms with E-state index >= 15 is 0 Å². The molecule has 0 aliphatic heterocycles. The Bertz CT molecular complexity index is 335. The van der Waals surface area contributed by atoms with Gasteiger partial charge in [0.1, 0.15) is 0 Å². The standard InChI is InChI=1S/C16H27NO2/c1-4-18-16(19-5-2)11-13-17-12-10-15-9-7-6-8-14(15)3/h6-9,16-17H,4-5,10-13H2,1-3H3. The molecule has 0 aromatic heterocycles. The number of hydrogen-bond acceptors (Lipinski definition) is 3. The fourth-order valence-electron chi connectivity index (χ4n) is 2.05. The summed E-state index contributed by atoms with van der Waals surface area (Å²) in [5, 5.41) is 3.45. The largest absolute Gasteiger partial charge is 0.353 e. The van der Waals surface area contributed by atoms with E-state index in [0.29, 0.717) is 13.2 Å². The van der Waals surface area contributed by atoms with Crippen molar-refractivity contribution in [3.8, 4) is 0 Å². The number of benzene rings is 1. The Morgan fingerprint density at radius 1 is 1.05 bits per heavy atom. The van der Waals surface area contributed by atoms with Crippen molar-refractivity contribution in [3.05, 3.63) is 35.4 Å². The molecule has 1 N–H and O–H groups in total. The van der Waals surface area contributed by atoms with Crippen molar-refractivity contribution in [1.29, 1.82) is 0 Å². The molecule has 108 valence electrons. The van der Waals surface area contributed by atoms with E-state index in [1.54, 1.807) is 0 Å². The lowest BCUT2D eigenvalue weighted by Gasteiger charge is -2.17. The summed E-state index contributed by atoms with van der Waals surface area (Å²) in [7, 11) is 0. The molecule has 0 aliphatic carbocycles. The summed E-state index contributed by atoms with van der Waals surface area (Å²) in [6.07, 6.45) is 1.90. The molecule has 3 heteroatoms. The highest BCUT2D eigenvalue weighted by molar-refractivity contribution is 5.25. The molecule has 0 fully saturated rings. The van der Waals surface area contributed by atoms with Crippen LogP contribution in [0.3, 0.4) is 0 Å². The molecule has 0 saturated carbocycles. The topological polar surface area (TPSA) is 30.5 Å². The third-order valence-corrected chi connectivity index (χ3v) is 3.09. The molecule has 0 saturated heterocycles. The molecule has 1 rings (SSSR count). The van der Waals surface area contributed by atoms with E-state index in [9.17, 15) is 0 Å². The molecule has 0 amide bonds. The van der Waals surface area contributed by atoms with Crippen LogP contribution >= 0.6 is 0 Å². The molecule has 0 bridgehead atoms. The number of nitrogens with one attached hydrogen (secondary N) is 1. The number of rotatable bonds is 10. The molecule has 1 aromatic rings. The van der Waals surface area contributed by atoms with Crippen LogP contribution in [0.15, 0.2) is 24.3 Å². The van der Waals surface area contributed by atoms with E-state index in [1.807, 2.05) is 13.8 Å². The fraction of sp³-hybridized carbons (Fsp3) is 0.625. The first-order chi connectivity index (χ1) is 9.27. The maximum absolute atomic E-state index is 5.50. The second kappa shape index (κ2) is 9.96. The third-order valence-electron chi connectivity index (χ3n) is 3.09. The van der Waals surface area contributed by atoms with Gasteiger partial charge in [0.25, 0.3) is 0 Å². The molecule has 0 spiro atoms. The zero-order valence-electron chi connectivity index (χ0n) is 12.4. The Kier molecular flexibility index (Phi) is 8.47. The van der Waals surface area contributed by atoms with Crippen molar-refractivity contribution in [1.82, 2.24) is 5.32 Å². The monoisotopic (exact) mass is 265 g/mol. The van der Waals surface area contributed by atoms with Gasteiger partial charge in [-0.3, -0.25) is 0 Å². The van der Waals surface area contributed by atoms with Crippen LogP contribution in [0.25, 0.3) is 0 Å². The number of ether oxygens (including phenoxy) is 2. The van der Waals surface area contributed by atoms with Gasteiger partial charge in [-0.15, -0.1) is 0 Å². The zero-order valence-corrected chi connectivity index (χ0v) is 12.4. The number of hydrogen-bond donors (Lipinski definition) is 1. The normalized spacial score (nSPS) is 11.2. The number of aryl methyl sites for hydroxylation is 1. The molecule has 0 radical (unpaired) electrons. The first kappa shape index (κ1) is 16.2. The van der Waals surface area contributed by atoms with Crippen molar-refractivity contribution in [2.24, 2.45) is 0 Å². The molecule has 3 nitrogen and oxygen atoms in total. The highest BCUT2D eigenvalue weighted by Gasteiger charge is 2.06. The van der Waals surface area contributed by atoms with Gasteiger partial charge in [0.15, 0.2) is 6.29 Å². The van der Waals surface area contributed by atoms with E-state index in [4.69, 9.17) is 9.47 Å². The van der Waals surface area contributed by atoms with Gasteiger partial charge in [-0.05, 0) is 51.4 Å². The lowest BCUT2D eigenvalue weighted by molar-refractivity contribution is -0.138. The summed E-state index contributed by atoms with van der Waals surface area (Å²) in [5.74, 6) is 0.